The van der Waals surface area contributed by atoms with Crippen LogP contribution in [0.5, 0.6) is 0 Å². The number of rotatable bonds is 7. The second kappa shape index (κ2) is 7.90. The smallest absolute Gasteiger partial charge is 0.333 e. The molecule has 0 bridgehead atoms. The molecule has 3 heterocycles. The highest BCUT2D eigenvalue weighted by Crippen LogP contribution is 2.12. The van der Waals surface area contributed by atoms with Crippen LogP contribution < -0.4 is 11.2 Å². The van der Waals surface area contributed by atoms with E-state index < -0.39 is 0 Å². The van der Waals surface area contributed by atoms with Crippen molar-refractivity contribution in [2.75, 3.05) is 0 Å². The largest absolute Gasteiger partial charge is 0.359 e. The summed E-state index contributed by atoms with van der Waals surface area (Å²) in [6.07, 6.45) is 3.38. The van der Waals surface area contributed by atoms with Gasteiger partial charge < -0.3 is 9.09 Å². The molecule has 1 aromatic carbocycles. The van der Waals surface area contributed by atoms with Crippen molar-refractivity contribution >= 4 is 11.2 Å². The lowest BCUT2D eigenvalue weighted by Crippen LogP contribution is -2.41. The maximum atomic E-state index is 13.3. The molecule has 150 valence electrons. The van der Waals surface area contributed by atoms with Gasteiger partial charge in [-0.1, -0.05) is 48.8 Å². The summed E-state index contributed by atoms with van der Waals surface area (Å²) >= 11 is 0. The second-order valence-electron chi connectivity index (χ2n) is 7.14. The van der Waals surface area contributed by atoms with Gasteiger partial charge in [0.1, 0.15) is 0 Å². The van der Waals surface area contributed by atoms with E-state index in [9.17, 15) is 9.59 Å². The van der Waals surface area contributed by atoms with Crippen molar-refractivity contribution in [3.8, 4) is 0 Å². The molecule has 3 aromatic heterocycles. The van der Waals surface area contributed by atoms with Gasteiger partial charge in [0.25, 0.3) is 5.56 Å². The third-order valence-corrected chi connectivity index (χ3v) is 4.91. The predicted octanol–water partition coefficient (Wildman–Crippen LogP) is 2.55. The van der Waals surface area contributed by atoms with Crippen LogP contribution in [0.15, 0.2) is 56.8 Å². The minimum absolute atomic E-state index is 0.0388. The van der Waals surface area contributed by atoms with Gasteiger partial charge in [0, 0.05) is 19.2 Å². The topological polar surface area (TPSA) is 87.8 Å². The van der Waals surface area contributed by atoms with Gasteiger partial charge >= 0.3 is 5.69 Å². The number of aryl methyl sites for hydroxylation is 2. The van der Waals surface area contributed by atoms with Crippen molar-refractivity contribution in [3.63, 3.8) is 0 Å². The van der Waals surface area contributed by atoms with Crippen LogP contribution in [0.1, 0.15) is 36.8 Å². The fourth-order valence-corrected chi connectivity index (χ4v) is 3.44. The van der Waals surface area contributed by atoms with Crippen molar-refractivity contribution in [2.45, 2.75) is 46.3 Å². The molecule has 4 aromatic rings. The number of aromatic nitrogens is 5. The van der Waals surface area contributed by atoms with Crippen molar-refractivity contribution in [2.24, 2.45) is 0 Å². The Balaban J connectivity index is 1.88. The fraction of sp³-hybridized carbons (Fsp3) is 0.333. The monoisotopic (exact) mass is 393 g/mol. The van der Waals surface area contributed by atoms with Gasteiger partial charge in [0.05, 0.1) is 18.6 Å². The number of imidazole rings is 1. The minimum Gasteiger partial charge on any atom is -0.359 e. The Bertz CT molecular complexity index is 1250. The molecule has 0 aliphatic carbocycles. The summed E-state index contributed by atoms with van der Waals surface area (Å²) in [6.45, 7) is 4.90. The van der Waals surface area contributed by atoms with Gasteiger partial charge in [-0.2, -0.15) is 0 Å². The molecule has 8 heteroatoms. The summed E-state index contributed by atoms with van der Waals surface area (Å²) in [5.74, 6) is 0.470. The van der Waals surface area contributed by atoms with Crippen molar-refractivity contribution < 1.29 is 4.52 Å². The maximum Gasteiger partial charge on any atom is 0.333 e. The fourth-order valence-electron chi connectivity index (χ4n) is 3.44. The molecule has 0 fully saturated rings. The lowest BCUT2D eigenvalue weighted by Gasteiger charge is -2.11. The van der Waals surface area contributed by atoms with Crippen LogP contribution in [0.4, 0.5) is 0 Å². The van der Waals surface area contributed by atoms with Gasteiger partial charge in [-0.15, -0.1) is 0 Å². The minimum atomic E-state index is -0.380. The van der Waals surface area contributed by atoms with E-state index in [1.54, 1.807) is 28.5 Å². The molecular weight excluding hydrogens is 370 g/mol. The van der Waals surface area contributed by atoms with Crippen molar-refractivity contribution in [1.82, 2.24) is 23.8 Å². The zero-order valence-corrected chi connectivity index (χ0v) is 16.5. The van der Waals surface area contributed by atoms with E-state index in [-0.39, 0.29) is 17.8 Å². The van der Waals surface area contributed by atoms with Crippen LogP contribution in [0, 0.1) is 6.92 Å². The highest BCUT2D eigenvalue weighted by molar-refractivity contribution is 5.70. The van der Waals surface area contributed by atoms with Crippen LogP contribution in [0.25, 0.3) is 11.2 Å². The van der Waals surface area contributed by atoms with E-state index in [1.165, 1.54) is 4.57 Å². The lowest BCUT2D eigenvalue weighted by atomic mass is 10.2. The van der Waals surface area contributed by atoms with Crippen LogP contribution in [-0.2, 0) is 19.6 Å². The molecule has 8 nitrogen and oxygen atoms in total. The molecule has 0 saturated heterocycles. The summed E-state index contributed by atoms with van der Waals surface area (Å²) in [6, 6.07) is 11.6. The second-order valence-corrected chi connectivity index (χ2v) is 7.14. The van der Waals surface area contributed by atoms with E-state index in [2.05, 4.69) is 17.1 Å². The summed E-state index contributed by atoms with van der Waals surface area (Å²) < 4.78 is 9.84. The lowest BCUT2D eigenvalue weighted by molar-refractivity contribution is 0.368. The number of hydrogen-bond acceptors (Lipinski definition) is 5. The van der Waals surface area contributed by atoms with Crippen LogP contribution in [0.2, 0.25) is 0 Å². The Hall–Kier alpha value is -3.42. The van der Waals surface area contributed by atoms with Gasteiger partial charge in [0.2, 0.25) is 0 Å². The zero-order valence-electron chi connectivity index (χ0n) is 16.5. The van der Waals surface area contributed by atoms with E-state index >= 15 is 0 Å². The first-order valence-electron chi connectivity index (χ1n) is 9.73. The number of nitrogens with zero attached hydrogens (tertiary/aromatic N) is 5. The van der Waals surface area contributed by atoms with E-state index in [4.69, 9.17) is 4.52 Å². The Kier molecular flexibility index (Phi) is 5.16. The summed E-state index contributed by atoms with van der Waals surface area (Å²) in [4.78, 5) is 30.8. The Morgan fingerprint density at radius 1 is 1.07 bits per heavy atom. The third kappa shape index (κ3) is 3.65. The number of benzene rings is 1. The summed E-state index contributed by atoms with van der Waals surface area (Å²) in [5.41, 5.74) is 1.84. The first kappa shape index (κ1) is 18.9. The summed E-state index contributed by atoms with van der Waals surface area (Å²) in [7, 11) is 0. The van der Waals surface area contributed by atoms with Crippen molar-refractivity contribution in [3.05, 3.63) is 80.6 Å². The Morgan fingerprint density at radius 2 is 1.86 bits per heavy atom. The first-order valence-corrected chi connectivity index (χ1v) is 9.73. The molecule has 0 atom stereocenters. The zero-order chi connectivity index (χ0) is 20.4. The van der Waals surface area contributed by atoms with Crippen LogP contribution >= 0.6 is 0 Å². The van der Waals surface area contributed by atoms with E-state index in [0.29, 0.717) is 35.7 Å². The van der Waals surface area contributed by atoms with Gasteiger partial charge in [-0.05, 0) is 18.9 Å². The van der Waals surface area contributed by atoms with Gasteiger partial charge in [-0.3, -0.25) is 13.9 Å². The maximum absolute atomic E-state index is 13.3. The molecule has 0 amide bonds. The molecule has 29 heavy (non-hydrogen) atoms. The average Bonchev–Trinajstić information content (AvgIpc) is 3.32. The normalized spacial score (nSPS) is 11.4. The molecule has 4 rings (SSSR count). The molecule has 0 N–H and O–H groups in total. The van der Waals surface area contributed by atoms with E-state index in [1.807, 2.05) is 30.3 Å². The van der Waals surface area contributed by atoms with Crippen LogP contribution in [0.3, 0.4) is 0 Å². The average molecular weight is 393 g/mol. The van der Waals surface area contributed by atoms with Gasteiger partial charge in [-0.25, -0.2) is 9.78 Å². The predicted molar refractivity (Wildman–Crippen MR) is 109 cm³/mol. The molecule has 0 aliphatic heterocycles. The molecule has 0 unspecified atom stereocenters. The summed E-state index contributed by atoms with van der Waals surface area (Å²) in [5, 5.41) is 3.85. The number of hydrogen-bond donors (Lipinski definition) is 0. The highest BCUT2D eigenvalue weighted by atomic mass is 16.5. The number of unbranched alkanes of at least 4 members (excludes halogenated alkanes) is 1. The molecule has 0 radical (unpaired) electrons. The SMILES string of the molecule is CCCCn1c(=O)n(Cc2cc(C)no2)c(=O)c2c1ncn2Cc1ccccc1. The molecular formula is C21H23N5O3. The van der Waals surface area contributed by atoms with Crippen LogP contribution in [-0.4, -0.2) is 23.8 Å². The van der Waals surface area contributed by atoms with E-state index in [0.717, 1.165) is 18.4 Å². The molecule has 0 aliphatic rings. The molecule has 0 saturated carbocycles. The highest BCUT2D eigenvalue weighted by Gasteiger charge is 2.19. The van der Waals surface area contributed by atoms with Gasteiger partial charge in [0.15, 0.2) is 16.9 Å². The quantitative estimate of drug-likeness (QED) is 0.481. The Morgan fingerprint density at radius 3 is 2.55 bits per heavy atom. The first-order chi connectivity index (χ1) is 14.1. The molecule has 0 spiro atoms. The number of fused-ring (bicyclic) bond motifs is 1. The Labute approximate surface area is 167 Å². The third-order valence-electron chi connectivity index (χ3n) is 4.91. The van der Waals surface area contributed by atoms with Crippen molar-refractivity contribution in [1.29, 1.82) is 0 Å². The standard InChI is InChI=1S/C21H23N5O3/c1-3-4-10-25-19-18(24(14-22-19)12-16-8-6-5-7-9-16)20(27)26(21(25)28)13-17-11-15(2)23-29-17/h5-9,11,14H,3-4,10,12-13H2,1-2H3.